The number of aromatic nitrogens is 3. The molecule has 106 valence electrons. The molecule has 2 rings (SSSR count). The minimum atomic E-state index is 0.549. The number of nitrogens with zero attached hydrogens (tertiary/aromatic N) is 3. The van der Waals surface area contributed by atoms with Gasteiger partial charge in [0.15, 0.2) is 5.16 Å². The van der Waals surface area contributed by atoms with Crippen LogP contribution in [0.15, 0.2) is 35.6 Å². The Morgan fingerprint density at radius 2 is 2.20 bits per heavy atom. The van der Waals surface area contributed by atoms with Crippen LogP contribution in [0.1, 0.15) is 12.6 Å². The topological polar surface area (TPSA) is 59.9 Å². The van der Waals surface area contributed by atoms with Gasteiger partial charge in [0.1, 0.15) is 5.82 Å². The van der Waals surface area contributed by atoms with Crippen LogP contribution in [0.3, 0.4) is 0 Å². The summed E-state index contributed by atoms with van der Waals surface area (Å²) in [6, 6.07) is 7.69. The van der Waals surface area contributed by atoms with E-state index in [4.69, 9.17) is 4.74 Å². The zero-order chi connectivity index (χ0) is 14.2. The van der Waals surface area contributed by atoms with Crippen molar-refractivity contribution in [1.29, 1.82) is 0 Å². The molecule has 0 aliphatic rings. The Morgan fingerprint density at radius 3 is 2.90 bits per heavy atom. The Morgan fingerprint density at radius 1 is 1.30 bits per heavy atom. The molecule has 20 heavy (non-hydrogen) atoms. The van der Waals surface area contributed by atoms with Crippen LogP contribution in [0.2, 0.25) is 0 Å². The van der Waals surface area contributed by atoms with E-state index < -0.39 is 0 Å². The zero-order valence-electron chi connectivity index (χ0n) is 11.7. The van der Waals surface area contributed by atoms with Crippen LogP contribution in [0.5, 0.6) is 5.88 Å². The molecule has 0 radical (unpaired) electrons. The molecule has 5 nitrogen and oxygen atoms in total. The van der Waals surface area contributed by atoms with Crippen molar-refractivity contribution in [2.45, 2.75) is 18.5 Å². The lowest BCUT2D eigenvalue weighted by molar-refractivity contribution is 0.305. The Kier molecular flexibility index (Phi) is 5.61. The van der Waals surface area contributed by atoms with E-state index in [0.29, 0.717) is 17.6 Å². The average molecular weight is 290 g/mol. The summed E-state index contributed by atoms with van der Waals surface area (Å²) in [7, 11) is 0. The first kappa shape index (κ1) is 14.6. The van der Waals surface area contributed by atoms with Gasteiger partial charge in [0.2, 0.25) is 5.88 Å². The van der Waals surface area contributed by atoms with Crippen LogP contribution >= 0.6 is 11.8 Å². The van der Waals surface area contributed by atoms with Gasteiger partial charge in [0.25, 0.3) is 0 Å². The number of nitrogens with one attached hydrogen (secondary N) is 1. The lowest BCUT2D eigenvalue weighted by atomic mass is 10.3. The van der Waals surface area contributed by atoms with E-state index in [1.807, 2.05) is 37.4 Å². The van der Waals surface area contributed by atoms with Gasteiger partial charge in [-0.25, -0.2) is 4.98 Å². The smallest absolute Gasteiger partial charge is 0.219 e. The third-order valence-electron chi connectivity index (χ3n) is 2.56. The molecule has 1 N–H and O–H groups in total. The molecule has 0 amide bonds. The summed E-state index contributed by atoms with van der Waals surface area (Å²) < 4.78 is 5.69. The molecule has 0 atom stereocenters. The molecule has 0 aliphatic heterocycles. The second-order valence-corrected chi connectivity index (χ2v) is 4.80. The molecule has 0 bridgehead atoms. The summed E-state index contributed by atoms with van der Waals surface area (Å²) in [6.45, 7) is 3.40. The van der Waals surface area contributed by atoms with E-state index in [-0.39, 0.29) is 0 Å². The first-order valence-corrected chi connectivity index (χ1v) is 7.74. The minimum Gasteiger partial charge on any atom is -0.477 e. The van der Waals surface area contributed by atoms with Crippen molar-refractivity contribution in [3.8, 4) is 5.88 Å². The molecule has 0 aliphatic carbocycles. The maximum atomic E-state index is 5.69. The van der Waals surface area contributed by atoms with Gasteiger partial charge in [-0.1, -0.05) is 17.8 Å². The molecule has 6 heteroatoms. The molecular formula is C14H18N4OS. The third kappa shape index (κ3) is 4.38. The fourth-order valence-electron chi connectivity index (χ4n) is 1.65. The molecule has 0 unspecified atom stereocenters. The van der Waals surface area contributed by atoms with Crippen molar-refractivity contribution in [1.82, 2.24) is 15.0 Å². The molecule has 2 aromatic rings. The van der Waals surface area contributed by atoms with Gasteiger partial charge < -0.3 is 10.1 Å². The number of hydrogen-bond donors (Lipinski definition) is 1. The highest BCUT2D eigenvalue weighted by Gasteiger charge is 2.05. The van der Waals surface area contributed by atoms with E-state index in [0.717, 1.165) is 24.5 Å². The van der Waals surface area contributed by atoms with Crippen LogP contribution in [0, 0.1) is 0 Å². The molecular weight excluding hydrogens is 272 g/mol. The standard InChI is InChI=1S/C14H18N4OS/c1-3-15-12-10-13(18-14(17-12)20-2)19-9-7-11-6-4-5-8-16-11/h4-6,8,10H,3,7,9H2,1-2H3,(H,15,17,18). The van der Waals surface area contributed by atoms with E-state index in [1.165, 1.54) is 11.8 Å². The van der Waals surface area contributed by atoms with Crippen molar-refractivity contribution < 1.29 is 4.74 Å². The van der Waals surface area contributed by atoms with Crippen LogP contribution in [0.25, 0.3) is 0 Å². The molecule has 0 aromatic carbocycles. The fraction of sp³-hybridized carbons (Fsp3) is 0.357. The van der Waals surface area contributed by atoms with Crippen molar-refractivity contribution in [2.75, 3.05) is 24.7 Å². The summed E-state index contributed by atoms with van der Waals surface area (Å²) in [5.74, 6) is 1.39. The third-order valence-corrected chi connectivity index (χ3v) is 3.10. The maximum absolute atomic E-state index is 5.69. The number of pyridine rings is 1. The van der Waals surface area contributed by atoms with Crippen molar-refractivity contribution >= 4 is 17.6 Å². The molecule has 0 saturated heterocycles. The second kappa shape index (κ2) is 7.69. The van der Waals surface area contributed by atoms with E-state index >= 15 is 0 Å². The number of ether oxygens (including phenoxy) is 1. The molecule has 0 fully saturated rings. The number of anilines is 1. The lowest BCUT2D eigenvalue weighted by Gasteiger charge is -2.09. The SMILES string of the molecule is CCNc1cc(OCCc2ccccn2)nc(SC)n1. The fourth-order valence-corrected chi connectivity index (χ4v) is 2.02. The molecule has 0 spiro atoms. The monoisotopic (exact) mass is 290 g/mol. The van der Waals surface area contributed by atoms with Crippen molar-refractivity contribution in [3.63, 3.8) is 0 Å². The highest BCUT2D eigenvalue weighted by molar-refractivity contribution is 7.98. The molecule has 2 aromatic heterocycles. The van der Waals surface area contributed by atoms with E-state index in [1.54, 1.807) is 6.20 Å². The average Bonchev–Trinajstić information content (AvgIpc) is 2.48. The van der Waals surface area contributed by atoms with Crippen LogP contribution < -0.4 is 10.1 Å². The second-order valence-electron chi connectivity index (χ2n) is 4.03. The number of hydrogen-bond acceptors (Lipinski definition) is 6. The summed E-state index contributed by atoms with van der Waals surface area (Å²) in [4.78, 5) is 13.0. The van der Waals surface area contributed by atoms with Crippen LogP contribution in [-0.2, 0) is 6.42 Å². The minimum absolute atomic E-state index is 0.549. The van der Waals surface area contributed by atoms with E-state index in [9.17, 15) is 0 Å². The maximum Gasteiger partial charge on any atom is 0.219 e. The zero-order valence-corrected chi connectivity index (χ0v) is 12.5. The largest absolute Gasteiger partial charge is 0.477 e. The van der Waals surface area contributed by atoms with Gasteiger partial charge in [-0.2, -0.15) is 4.98 Å². The summed E-state index contributed by atoms with van der Waals surface area (Å²) in [6.07, 6.45) is 4.49. The summed E-state index contributed by atoms with van der Waals surface area (Å²) in [5, 5.41) is 3.88. The normalized spacial score (nSPS) is 10.3. The van der Waals surface area contributed by atoms with Gasteiger partial charge in [-0.15, -0.1) is 0 Å². The summed E-state index contributed by atoms with van der Waals surface area (Å²) >= 11 is 1.50. The first-order chi connectivity index (χ1) is 9.81. The molecule has 0 saturated carbocycles. The number of thioether (sulfide) groups is 1. The summed E-state index contributed by atoms with van der Waals surface area (Å²) in [5.41, 5.74) is 1.01. The van der Waals surface area contributed by atoms with Crippen molar-refractivity contribution in [3.05, 3.63) is 36.2 Å². The van der Waals surface area contributed by atoms with Crippen LogP contribution in [-0.4, -0.2) is 34.4 Å². The number of rotatable bonds is 7. The molecule has 2 heterocycles. The van der Waals surface area contributed by atoms with Crippen molar-refractivity contribution in [2.24, 2.45) is 0 Å². The quantitative estimate of drug-likeness (QED) is 0.625. The predicted octanol–water partition coefficient (Wildman–Crippen LogP) is 2.65. The Balaban J connectivity index is 1.96. The van der Waals surface area contributed by atoms with E-state index in [2.05, 4.69) is 20.3 Å². The van der Waals surface area contributed by atoms with Gasteiger partial charge in [-0.3, -0.25) is 4.98 Å². The Bertz CT molecular complexity index is 536. The lowest BCUT2D eigenvalue weighted by Crippen LogP contribution is -2.06. The highest BCUT2D eigenvalue weighted by Crippen LogP contribution is 2.18. The van der Waals surface area contributed by atoms with Gasteiger partial charge in [-0.05, 0) is 25.3 Å². The Labute approximate surface area is 123 Å². The van der Waals surface area contributed by atoms with Gasteiger partial charge in [0.05, 0.1) is 6.61 Å². The van der Waals surface area contributed by atoms with Gasteiger partial charge in [0, 0.05) is 30.9 Å². The van der Waals surface area contributed by atoms with Crippen LogP contribution in [0.4, 0.5) is 5.82 Å². The highest BCUT2D eigenvalue weighted by atomic mass is 32.2. The van der Waals surface area contributed by atoms with Gasteiger partial charge >= 0.3 is 0 Å². The first-order valence-electron chi connectivity index (χ1n) is 6.51. The predicted molar refractivity (Wildman–Crippen MR) is 81.4 cm³/mol. The Hall–Kier alpha value is -1.82.